The molecule has 10 heteroatoms. The van der Waals surface area contributed by atoms with Crippen molar-refractivity contribution in [1.82, 2.24) is 0 Å². The highest BCUT2D eigenvalue weighted by Crippen LogP contribution is 2.17. The van der Waals surface area contributed by atoms with E-state index in [0.717, 1.165) is 0 Å². The molecule has 0 saturated heterocycles. The topological polar surface area (TPSA) is 127 Å². The van der Waals surface area contributed by atoms with E-state index < -0.39 is 36.1 Å². The molecule has 146 valence electrons. The monoisotopic (exact) mass is 514 g/mol. The van der Waals surface area contributed by atoms with Gasteiger partial charge in [0.1, 0.15) is 0 Å². The molecule has 0 amide bonds. The van der Waals surface area contributed by atoms with Crippen molar-refractivity contribution in [3.05, 3.63) is 68.6 Å². The Kier molecular flexibility index (Phi) is 7.30. The zero-order chi connectivity index (χ0) is 20.8. The Balaban J connectivity index is 2.24. The first kappa shape index (κ1) is 21.6. The number of benzene rings is 2. The number of hydrogen-bond donors (Lipinski definition) is 2. The standard InChI is InChI=1S/C18H12Br2O8/c19-11-5-1-3-9(7-11)17(25)27-13(15(21)22)14(16(23)24)28-18(26)10-4-2-6-12(20)8-10/h1-8,13-14H,(H,21,22)(H,23,24)/t13-,14-/m0/s1. The minimum Gasteiger partial charge on any atom is -0.478 e. The van der Waals surface area contributed by atoms with Gasteiger partial charge in [-0.15, -0.1) is 0 Å². The van der Waals surface area contributed by atoms with Crippen LogP contribution in [0.4, 0.5) is 0 Å². The highest BCUT2D eigenvalue weighted by atomic mass is 79.9. The molecule has 0 unspecified atom stereocenters. The van der Waals surface area contributed by atoms with E-state index in [9.17, 15) is 29.4 Å². The third-order valence-corrected chi connectivity index (χ3v) is 4.34. The van der Waals surface area contributed by atoms with Crippen molar-refractivity contribution in [2.75, 3.05) is 0 Å². The van der Waals surface area contributed by atoms with Crippen molar-refractivity contribution in [2.45, 2.75) is 12.2 Å². The first-order chi connectivity index (χ1) is 13.2. The number of carbonyl (C=O) groups is 4. The molecule has 0 aliphatic carbocycles. The molecule has 8 nitrogen and oxygen atoms in total. The molecule has 0 aliphatic heterocycles. The zero-order valence-electron chi connectivity index (χ0n) is 13.9. The van der Waals surface area contributed by atoms with Crippen LogP contribution in [0.1, 0.15) is 20.7 Å². The lowest BCUT2D eigenvalue weighted by Crippen LogP contribution is -2.45. The van der Waals surface area contributed by atoms with E-state index in [2.05, 4.69) is 31.9 Å². The van der Waals surface area contributed by atoms with E-state index in [1.807, 2.05) is 0 Å². The highest BCUT2D eigenvalue weighted by molar-refractivity contribution is 9.10. The molecule has 0 bridgehead atoms. The molecule has 0 saturated carbocycles. The van der Waals surface area contributed by atoms with Crippen molar-refractivity contribution in [3.63, 3.8) is 0 Å². The molecule has 28 heavy (non-hydrogen) atoms. The fraction of sp³-hybridized carbons (Fsp3) is 0.111. The first-order valence-corrected chi connectivity index (χ1v) is 9.16. The van der Waals surface area contributed by atoms with Crippen LogP contribution in [0.5, 0.6) is 0 Å². The second-order valence-corrected chi connectivity index (χ2v) is 7.18. The summed E-state index contributed by atoms with van der Waals surface area (Å²) in [4.78, 5) is 47.4. The van der Waals surface area contributed by atoms with E-state index in [1.165, 1.54) is 36.4 Å². The molecule has 0 heterocycles. The number of carboxylic acid groups (broad SMARTS) is 2. The second kappa shape index (κ2) is 9.47. The summed E-state index contributed by atoms with van der Waals surface area (Å²) in [5.74, 6) is -5.73. The van der Waals surface area contributed by atoms with Crippen LogP contribution < -0.4 is 0 Å². The van der Waals surface area contributed by atoms with Gasteiger partial charge in [-0.1, -0.05) is 44.0 Å². The lowest BCUT2D eigenvalue weighted by atomic mass is 10.1. The number of halogens is 2. The van der Waals surface area contributed by atoms with E-state index in [1.54, 1.807) is 12.1 Å². The van der Waals surface area contributed by atoms with Gasteiger partial charge in [0.15, 0.2) is 0 Å². The fourth-order valence-electron chi connectivity index (χ4n) is 2.08. The first-order valence-electron chi connectivity index (χ1n) is 7.57. The number of aliphatic carboxylic acids is 2. The molecule has 0 aromatic heterocycles. The molecule has 2 atom stereocenters. The molecule has 0 aliphatic rings. The Morgan fingerprint density at radius 2 is 1.07 bits per heavy atom. The van der Waals surface area contributed by atoms with E-state index in [-0.39, 0.29) is 11.1 Å². The van der Waals surface area contributed by atoms with Gasteiger partial charge in [0.2, 0.25) is 12.2 Å². The van der Waals surface area contributed by atoms with E-state index in [4.69, 9.17) is 9.47 Å². The summed E-state index contributed by atoms with van der Waals surface area (Å²) < 4.78 is 10.7. The lowest BCUT2D eigenvalue weighted by Gasteiger charge is -2.21. The predicted molar refractivity (Wildman–Crippen MR) is 102 cm³/mol. The third-order valence-electron chi connectivity index (χ3n) is 3.35. The van der Waals surface area contributed by atoms with E-state index in [0.29, 0.717) is 8.95 Å². The maximum absolute atomic E-state index is 12.2. The van der Waals surface area contributed by atoms with Crippen LogP contribution >= 0.6 is 31.9 Å². The normalized spacial score (nSPS) is 12.5. The number of carboxylic acids is 2. The Labute approximate surface area is 175 Å². The average Bonchev–Trinajstić information content (AvgIpc) is 2.63. The number of hydrogen-bond acceptors (Lipinski definition) is 6. The Morgan fingerprint density at radius 1 is 0.714 bits per heavy atom. The molecule has 0 radical (unpaired) electrons. The van der Waals surface area contributed by atoms with Crippen LogP contribution in [0, 0.1) is 0 Å². The molecule has 0 spiro atoms. The van der Waals surface area contributed by atoms with Gasteiger partial charge in [0.25, 0.3) is 0 Å². The average molecular weight is 516 g/mol. The van der Waals surface area contributed by atoms with Crippen molar-refractivity contribution in [3.8, 4) is 0 Å². The Morgan fingerprint density at radius 3 is 1.36 bits per heavy atom. The predicted octanol–water partition coefficient (Wildman–Crippen LogP) is 3.13. The molecule has 2 rings (SSSR count). The number of esters is 2. The van der Waals surface area contributed by atoms with Crippen LogP contribution in [0.15, 0.2) is 57.5 Å². The van der Waals surface area contributed by atoms with Gasteiger partial charge in [0.05, 0.1) is 11.1 Å². The Bertz CT molecular complexity index is 852. The second-order valence-electron chi connectivity index (χ2n) is 5.35. The van der Waals surface area contributed by atoms with Crippen LogP contribution in [-0.4, -0.2) is 46.3 Å². The molecule has 2 aromatic carbocycles. The van der Waals surface area contributed by atoms with Gasteiger partial charge in [-0.3, -0.25) is 0 Å². The molecule has 0 fully saturated rings. The van der Waals surface area contributed by atoms with Crippen LogP contribution in [0.2, 0.25) is 0 Å². The number of ether oxygens (including phenoxy) is 2. The van der Waals surface area contributed by atoms with Gasteiger partial charge in [-0.05, 0) is 36.4 Å². The van der Waals surface area contributed by atoms with Crippen LogP contribution in [-0.2, 0) is 19.1 Å². The molecule has 2 N–H and O–H groups in total. The summed E-state index contributed by atoms with van der Waals surface area (Å²) in [6.07, 6.45) is -4.50. The van der Waals surface area contributed by atoms with E-state index >= 15 is 0 Å². The largest absolute Gasteiger partial charge is 0.478 e. The zero-order valence-corrected chi connectivity index (χ0v) is 17.0. The van der Waals surface area contributed by atoms with Crippen molar-refractivity contribution < 1.29 is 38.9 Å². The maximum atomic E-state index is 12.2. The molecular weight excluding hydrogens is 504 g/mol. The summed E-state index contributed by atoms with van der Waals surface area (Å²) in [6.45, 7) is 0. The summed E-state index contributed by atoms with van der Waals surface area (Å²) >= 11 is 6.30. The SMILES string of the molecule is O=C(O[C@H](C(=O)O)[C@H](OC(=O)c1cccc(Br)c1)C(=O)O)c1cccc(Br)c1. The van der Waals surface area contributed by atoms with Gasteiger partial charge in [-0.25, -0.2) is 19.2 Å². The maximum Gasteiger partial charge on any atom is 0.349 e. The number of rotatable bonds is 7. The van der Waals surface area contributed by atoms with Gasteiger partial charge >= 0.3 is 23.9 Å². The highest BCUT2D eigenvalue weighted by Gasteiger charge is 2.41. The summed E-state index contributed by atoms with van der Waals surface area (Å²) in [5, 5.41) is 18.6. The van der Waals surface area contributed by atoms with Gasteiger partial charge < -0.3 is 19.7 Å². The smallest absolute Gasteiger partial charge is 0.349 e. The summed E-state index contributed by atoms with van der Waals surface area (Å²) in [6, 6.07) is 11.7. The van der Waals surface area contributed by atoms with Crippen LogP contribution in [0.25, 0.3) is 0 Å². The van der Waals surface area contributed by atoms with Crippen molar-refractivity contribution >= 4 is 55.7 Å². The van der Waals surface area contributed by atoms with Gasteiger partial charge in [0, 0.05) is 8.95 Å². The summed E-state index contributed by atoms with van der Waals surface area (Å²) in [7, 11) is 0. The molecular formula is C18H12Br2O8. The quantitative estimate of drug-likeness (QED) is 0.538. The lowest BCUT2D eigenvalue weighted by molar-refractivity contribution is -0.166. The third kappa shape index (κ3) is 5.64. The minimum atomic E-state index is -2.25. The Hall–Kier alpha value is -2.72. The van der Waals surface area contributed by atoms with Crippen molar-refractivity contribution in [2.24, 2.45) is 0 Å². The molecule has 2 aromatic rings. The van der Waals surface area contributed by atoms with Gasteiger partial charge in [-0.2, -0.15) is 0 Å². The summed E-state index contributed by atoms with van der Waals surface area (Å²) in [5.41, 5.74) is -0.0221. The van der Waals surface area contributed by atoms with Crippen molar-refractivity contribution in [1.29, 1.82) is 0 Å². The fourth-order valence-corrected chi connectivity index (χ4v) is 2.88. The minimum absolute atomic E-state index is 0.0110. The van der Waals surface area contributed by atoms with Crippen LogP contribution in [0.3, 0.4) is 0 Å². The number of carbonyl (C=O) groups excluding carboxylic acids is 2.